The van der Waals surface area contributed by atoms with Crippen LogP contribution in [0.5, 0.6) is 0 Å². The second kappa shape index (κ2) is 19.6. The van der Waals surface area contributed by atoms with Gasteiger partial charge in [-0.05, 0) is 75.5 Å². The van der Waals surface area contributed by atoms with Crippen LogP contribution in [0.4, 0.5) is 4.39 Å². The van der Waals surface area contributed by atoms with Gasteiger partial charge < -0.3 is 25.4 Å². The molecule has 1 saturated heterocycles. The van der Waals surface area contributed by atoms with Gasteiger partial charge >= 0.3 is 5.97 Å². The van der Waals surface area contributed by atoms with E-state index in [9.17, 15) is 14.7 Å². The van der Waals surface area contributed by atoms with E-state index in [1.54, 1.807) is 30.3 Å². The minimum Gasteiger partial charge on any atom is -0.481 e. The maximum atomic E-state index is 16.1. The number of benzene rings is 1. The molecule has 248 valence electrons. The third-order valence-electron chi connectivity index (χ3n) is 7.87. The van der Waals surface area contributed by atoms with Crippen molar-refractivity contribution in [2.24, 2.45) is 11.3 Å². The number of carbonyl (C=O) groups excluding carboxylic acids is 1. The van der Waals surface area contributed by atoms with Crippen LogP contribution in [0.15, 0.2) is 66.3 Å². The van der Waals surface area contributed by atoms with Gasteiger partial charge in [0.15, 0.2) is 0 Å². The fraction of sp³-hybridized carbons (Fsp3) is 0.611. The minimum absolute atomic E-state index is 0.0395. The Kier molecular flexibility index (Phi) is 17.4. The van der Waals surface area contributed by atoms with Crippen molar-refractivity contribution >= 4 is 11.9 Å². The second-order valence-electron chi connectivity index (χ2n) is 12.9. The highest BCUT2D eigenvalue weighted by Gasteiger charge is 2.52. The lowest BCUT2D eigenvalue weighted by Crippen LogP contribution is -2.51. The van der Waals surface area contributed by atoms with Gasteiger partial charge in [0.25, 0.3) is 5.91 Å². The van der Waals surface area contributed by atoms with Gasteiger partial charge in [0, 0.05) is 12.7 Å². The number of alkyl halides is 1. The number of rotatable bonds is 19. The zero-order valence-electron chi connectivity index (χ0n) is 27.8. The molecule has 0 saturated carbocycles. The molecule has 44 heavy (non-hydrogen) atoms. The van der Waals surface area contributed by atoms with Crippen LogP contribution < -0.4 is 5.32 Å². The van der Waals surface area contributed by atoms with Crippen LogP contribution >= 0.6 is 0 Å². The third-order valence-corrected chi connectivity index (χ3v) is 7.87. The molecule has 0 radical (unpaired) electrons. The van der Waals surface area contributed by atoms with E-state index < -0.39 is 23.8 Å². The number of halogens is 1. The summed E-state index contributed by atoms with van der Waals surface area (Å²) in [5.74, 6) is -1.00. The lowest BCUT2D eigenvalue weighted by atomic mass is 9.82. The number of nitrogens with one attached hydrogen (secondary N) is 1. The van der Waals surface area contributed by atoms with E-state index in [0.29, 0.717) is 12.0 Å². The maximum absolute atomic E-state index is 16.1. The third kappa shape index (κ3) is 15.3. The standard InChI is InChI=1S/C35H52FNO5.CH4O/c1-7-8-18-29-31(42-29)32(37-33(41)27-16-10-9-11-17-27)35(6,36)21-13-15-26(3)23-25(2)14-12-20-34(4,5)22-19-28(38)24-30(39)40;1-2/h9-17,21,25,28-29,31-32,38H,7-8,18-20,22-24H2,1-6H3,(H,37,41)(H,39,40);2H,1H3/b14-12+,21-13+,26-15+;. The van der Waals surface area contributed by atoms with Crippen LogP contribution in [0.1, 0.15) is 103 Å². The molecule has 4 N–H and O–H groups in total. The molecule has 1 aliphatic heterocycles. The Morgan fingerprint density at radius 3 is 2.41 bits per heavy atom. The van der Waals surface area contributed by atoms with Crippen molar-refractivity contribution in [3.8, 4) is 0 Å². The first-order valence-electron chi connectivity index (χ1n) is 15.8. The van der Waals surface area contributed by atoms with E-state index in [2.05, 4.69) is 45.2 Å². The number of carbonyl (C=O) groups is 2. The fourth-order valence-electron chi connectivity index (χ4n) is 5.18. The maximum Gasteiger partial charge on any atom is 0.305 e. The molecule has 1 aromatic carbocycles. The minimum atomic E-state index is -1.80. The second-order valence-corrected chi connectivity index (χ2v) is 12.9. The van der Waals surface area contributed by atoms with Crippen LogP contribution in [0.2, 0.25) is 0 Å². The topological polar surface area (TPSA) is 119 Å². The summed E-state index contributed by atoms with van der Waals surface area (Å²) in [4.78, 5) is 23.7. The number of ether oxygens (including phenoxy) is 1. The lowest BCUT2D eigenvalue weighted by Gasteiger charge is -2.28. The van der Waals surface area contributed by atoms with Gasteiger partial charge in [-0.1, -0.05) is 88.6 Å². The van der Waals surface area contributed by atoms with Gasteiger partial charge in [0.2, 0.25) is 0 Å². The van der Waals surface area contributed by atoms with E-state index in [1.165, 1.54) is 13.0 Å². The molecule has 2 rings (SSSR count). The van der Waals surface area contributed by atoms with E-state index in [1.807, 2.05) is 19.1 Å². The van der Waals surface area contributed by atoms with E-state index >= 15 is 4.39 Å². The molecular formula is C36H56FNO6. The highest BCUT2D eigenvalue weighted by molar-refractivity contribution is 5.94. The van der Waals surface area contributed by atoms with Crippen molar-refractivity contribution in [1.82, 2.24) is 5.32 Å². The molecule has 6 atom stereocenters. The number of carboxylic acid groups (broad SMARTS) is 1. The first kappa shape index (κ1) is 39.2. The molecule has 1 aliphatic rings. The number of epoxide rings is 1. The summed E-state index contributed by atoms with van der Waals surface area (Å²) in [6.45, 7) is 12.0. The average molecular weight is 618 g/mol. The molecule has 6 unspecified atom stereocenters. The Labute approximate surface area is 264 Å². The van der Waals surface area contributed by atoms with E-state index in [-0.39, 0.29) is 35.9 Å². The van der Waals surface area contributed by atoms with E-state index in [4.69, 9.17) is 14.9 Å². The van der Waals surface area contributed by atoms with Gasteiger partial charge in [-0.2, -0.15) is 0 Å². The monoisotopic (exact) mass is 617 g/mol. The van der Waals surface area contributed by atoms with Gasteiger partial charge in [-0.3, -0.25) is 9.59 Å². The molecule has 0 bridgehead atoms. The fourth-order valence-corrected chi connectivity index (χ4v) is 5.18. The van der Waals surface area contributed by atoms with Crippen molar-refractivity contribution in [2.75, 3.05) is 7.11 Å². The highest BCUT2D eigenvalue weighted by Crippen LogP contribution is 2.36. The lowest BCUT2D eigenvalue weighted by molar-refractivity contribution is -0.139. The smallest absolute Gasteiger partial charge is 0.305 e. The molecule has 0 aromatic heterocycles. The van der Waals surface area contributed by atoms with Crippen molar-refractivity contribution in [1.29, 1.82) is 0 Å². The van der Waals surface area contributed by atoms with Crippen LogP contribution in [-0.4, -0.2) is 64.3 Å². The molecule has 0 aliphatic carbocycles. The number of allylic oxidation sites excluding steroid dienone is 5. The quantitative estimate of drug-likeness (QED) is 0.0741. The number of carboxylic acids is 1. The normalized spacial score (nSPS) is 20.4. The Morgan fingerprint density at radius 1 is 1.14 bits per heavy atom. The molecule has 1 amide bonds. The summed E-state index contributed by atoms with van der Waals surface area (Å²) < 4.78 is 22.0. The first-order valence-corrected chi connectivity index (χ1v) is 15.8. The number of hydrogen-bond donors (Lipinski definition) is 4. The van der Waals surface area contributed by atoms with Gasteiger partial charge in [0.1, 0.15) is 11.8 Å². The molecule has 7 nitrogen and oxygen atoms in total. The van der Waals surface area contributed by atoms with Crippen molar-refractivity contribution in [3.63, 3.8) is 0 Å². The number of aliphatic hydroxyl groups is 2. The van der Waals surface area contributed by atoms with Gasteiger partial charge in [0.05, 0.1) is 24.7 Å². The summed E-state index contributed by atoms with van der Waals surface area (Å²) >= 11 is 0. The van der Waals surface area contributed by atoms with Gasteiger partial charge in [-0.15, -0.1) is 0 Å². The van der Waals surface area contributed by atoms with Crippen LogP contribution in [0.25, 0.3) is 0 Å². The Hall–Kier alpha value is -2.81. The molecule has 1 fully saturated rings. The van der Waals surface area contributed by atoms with Crippen LogP contribution in [0.3, 0.4) is 0 Å². The van der Waals surface area contributed by atoms with Crippen LogP contribution in [0, 0.1) is 11.3 Å². The number of aliphatic hydroxyl groups excluding tert-OH is 2. The highest BCUT2D eigenvalue weighted by atomic mass is 19.1. The summed E-state index contributed by atoms with van der Waals surface area (Å²) in [5.41, 5.74) is -0.238. The molecule has 0 spiro atoms. The van der Waals surface area contributed by atoms with E-state index in [0.717, 1.165) is 51.2 Å². The SMILES string of the molecule is CCCCC1OC1C(NC(=O)c1ccccc1)C(C)(F)/C=C/C=C(\C)CC(C)/C=C/CC(C)(C)CCC(O)CC(=O)O.CO. The van der Waals surface area contributed by atoms with Crippen molar-refractivity contribution < 1.29 is 34.0 Å². The summed E-state index contributed by atoms with van der Waals surface area (Å²) in [6.07, 6.45) is 13.8. The van der Waals surface area contributed by atoms with Crippen LogP contribution in [-0.2, 0) is 9.53 Å². The number of hydrogen-bond acceptors (Lipinski definition) is 5. The number of unbranched alkanes of at least 4 members (excludes halogenated alkanes) is 1. The molecule has 1 heterocycles. The Morgan fingerprint density at radius 2 is 1.80 bits per heavy atom. The zero-order chi connectivity index (χ0) is 33.3. The number of aliphatic carboxylic acids is 1. The molecule has 8 heteroatoms. The predicted octanol–water partition coefficient (Wildman–Crippen LogP) is 7.20. The molecule has 1 aromatic rings. The summed E-state index contributed by atoms with van der Waals surface area (Å²) in [7, 11) is 1.00. The van der Waals surface area contributed by atoms with Gasteiger partial charge in [-0.25, -0.2) is 4.39 Å². The Balaban J connectivity index is 0.00000474. The summed E-state index contributed by atoms with van der Waals surface area (Å²) in [5, 5.41) is 28.6. The first-order chi connectivity index (χ1) is 20.7. The Bertz CT molecular complexity index is 1080. The summed E-state index contributed by atoms with van der Waals surface area (Å²) in [6, 6.07) is 8.06. The molecular weight excluding hydrogens is 561 g/mol. The number of amides is 1. The van der Waals surface area contributed by atoms with Crippen molar-refractivity contribution in [2.45, 2.75) is 123 Å². The largest absolute Gasteiger partial charge is 0.481 e. The zero-order valence-corrected chi connectivity index (χ0v) is 27.8. The average Bonchev–Trinajstić information content (AvgIpc) is 3.73. The predicted molar refractivity (Wildman–Crippen MR) is 175 cm³/mol. The van der Waals surface area contributed by atoms with Crippen molar-refractivity contribution in [3.05, 3.63) is 71.8 Å².